The lowest BCUT2D eigenvalue weighted by Gasteiger charge is -2.30. The van der Waals surface area contributed by atoms with E-state index in [-0.39, 0.29) is 81.3 Å². The average molecular weight is 1570 g/mol. The summed E-state index contributed by atoms with van der Waals surface area (Å²) in [5.74, 6) is -15.5. The molecule has 1 aliphatic rings. The first-order valence-electron chi connectivity index (χ1n) is 36.4. The number of benzene rings is 2. The van der Waals surface area contributed by atoms with Gasteiger partial charge in [-0.1, -0.05) is 113 Å². The summed E-state index contributed by atoms with van der Waals surface area (Å²) in [6, 6.07) is -3.66. The first kappa shape index (κ1) is 86.8. The number of hydrogen-bond donors (Lipinski definition) is 21. The molecule has 110 heavy (non-hydrogen) atoms. The zero-order valence-corrected chi connectivity index (χ0v) is 64.3. The number of imidazole rings is 2. The number of carboxylic acids is 2. The van der Waals surface area contributed by atoms with Gasteiger partial charge in [0.25, 0.3) is 5.91 Å². The number of para-hydroxylation sites is 2. The van der Waals surface area contributed by atoms with Gasteiger partial charge in [-0.3, -0.25) is 62.9 Å². The summed E-state index contributed by atoms with van der Waals surface area (Å²) in [7, 11) is 1.99. The Morgan fingerprint density at radius 1 is 0.482 bits per heavy atom. The number of aromatic amines is 4. The SMILES string of the molecule is CC(C)C[C@@H]1NC(=O)[C@H](CC(=O)O)NC(=O)[C@H](Cc2c[nH]c3ccccc23)NC(=O)[C@H](Cc2cnc[nH]2)NC(=O)[C@@H]([NH3+])CSSC[C@@H](C(=O)O)NC(=O)[C@H](C(C)C)NC(=O)[C@H](Cc2c[nH]c3ccccc23)NC(=O)[C@H](Cc2cnc[nH]2)NC(=O)[C@H](CCCNC(N)N)NC(=O)[C@H](C(C)C)NC(=O)[C@H](CC(C)C)NC1=O. The summed E-state index contributed by atoms with van der Waals surface area (Å²) < 4.78 is 0. The summed E-state index contributed by atoms with van der Waals surface area (Å²) in [5, 5.41) is 54.4. The van der Waals surface area contributed by atoms with E-state index >= 15 is 4.79 Å². The molecule has 0 bridgehead atoms. The molecule has 598 valence electrons. The lowest BCUT2D eigenvalue weighted by Crippen LogP contribution is -2.70. The molecular formula is C72H104N21O15S2+. The van der Waals surface area contributed by atoms with Crippen molar-refractivity contribution in [1.29, 1.82) is 0 Å². The smallest absolute Gasteiger partial charge is 0.327 e. The number of aliphatic carboxylic acids is 2. The Hall–Kier alpha value is -10.4. The molecule has 1 aliphatic heterocycles. The standard InChI is InChI=1S/C72H103N21O15S2/c1-35(2)20-49-62(98)86-50(21-36(3)4)67(103)92-58(37(5)6)69(105)83-48(18-13-19-78-72(74)75)61(97)89-54(25-42-30-77-34-82-42)65(101)88-52(23-40-28-80-47-17-12-10-15-44(40)47)68(104)93-59(38(7)8)70(106)91-56(71(107)108)32-110-109-31-45(73)60(96)84-53(24-41-29-76-33-81-41)64(100)87-51(22-39-27-79-46-16-11-9-14-43(39)46)63(99)90-55(26-57(94)95)66(102)85-49/h9-12,14-17,27-30,33-38,45,48-56,58-59,72,78-80H,13,18-26,31-32,73-75H2,1-8H3,(H,76,81)(H,77,82)(H,83,105)(H,84,96)(H,85,102)(H,86,98)(H,87,100)(H,88,101)(H,89,97)(H,90,99)(H,91,106)(H,92,103)(H,93,104)(H,94,95)(H,107,108)/p+1/t45-,48-,49-,50-,51-,52-,53-,54-,55-,56-,58-,59-/m0/s1. The lowest BCUT2D eigenvalue weighted by molar-refractivity contribution is -0.396. The highest BCUT2D eigenvalue weighted by Crippen LogP contribution is 2.25. The van der Waals surface area contributed by atoms with Gasteiger partial charge in [0.05, 0.1) is 24.8 Å². The van der Waals surface area contributed by atoms with Gasteiger partial charge in [-0.25, -0.2) is 14.8 Å². The highest BCUT2D eigenvalue weighted by Gasteiger charge is 2.40. The van der Waals surface area contributed by atoms with Crippen LogP contribution in [-0.2, 0) is 88.0 Å². The normalized spacial score (nSPS) is 23.9. The third-order valence-corrected chi connectivity index (χ3v) is 20.6. The predicted octanol–water partition coefficient (Wildman–Crippen LogP) is -1.76. The van der Waals surface area contributed by atoms with Gasteiger partial charge in [0, 0.05) is 89.4 Å². The minimum Gasteiger partial charge on any atom is -0.481 e. The Labute approximate surface area is 642 Å². The van der Waals surface area contributed by atoms with Crippen LogP contribution >= 0.6 is 21.6 Å². The number of rotatable bonds is 22. The van der Waals surface area contributed by atoms with E-state index in [0.717, 1.165) is 21.6 Å². The van der Waals surface area contributed by atoms with Crippen LogP contribution in [0.25, 0.3) is 21.8 Å². The van der Waals surface area contributed by atoms with Gasteiger partial charge < -0.3 is 106 Å². The van der Waals surface area contributed by atoms with E-state index in [0.29, 0.717) is 44.3 Å². The number of carbonyl (C=O) groups is 13. The van der Waals surface area contributed by atoms with Crippen molar-refractivity contribution in [1.82, 2.24) is 93.7 Å². The quantitative estimate of drug-likeness (QED) is 0.0203. The first-order valence-corrected chi connectivity index (χ1v) is 38.9. The molecule has 2 aromatic carbocycles. The molecule has 6 aromatic rings. The van der Waals surface area contributed by atoms with E-state index in [1.165, 1.54) is 25.0 Å². The highest BCUT2D eigenvalue weighted by molar-refractivity contribution is 8.76. The molecule has 1 saturated heterocycles. The van der Waals surface area contributed by atoms with Crippen molar-refractivity contribution in [2.24, 2.45) is 35.1 Å². The van der Waals surface area contributed by atoms with Crippen LogP contribution in [0.3, 0.4) is 0 Å². The first-order chi connectivity index (χ1) is 52.2. The Morgan fingerprint density at radius 2 is 0.864 bits per heavy atom. The van der Waals surface area contributed by atoms with Crippen LogP contribution < -0.4 is 81.0 Å². The van der Waals surface area contributed by atoms with Crippen molar-refractivity contribution in [2.75, 3.05) is 18.1 Å². The third kappa shape index (κ3) is 26.4. The van der Waals surface area contributed by atoms with E-state index in [1.807, 2.05) is 0 Å². The number of aromatic nitrogens is 6. The molecule has 38 heteroatoms. The third-order valence-electron chi connectivity index (χ3n) is 18.1. The van der Waals surface area contributed by atoms with Crippen LogP contribution in [0.4, 0.5) is 0 Å². The number of carboxylic acid groups (broad SMARTS) is 2. The van der Waals surface area contributed by atoms with E-state index in [9.17, 15) is 67.7 Å². The van der Waals surface area contributed by atoms with Crippen LogP contribution in [-0.4, -0.2) is 214 Å². The molecule has 12 atom stereocenters. The van der Waals surface area contributed by atoms with E-state index < -0.39 is 174 Å². The molecule has 11 amide bonds. The fraction of sp³-hybridized carbons (Fsp3) is 0.514. The van der Waals surface area contributed by atoms with Gasteiger partial charge in [-0.15, -0.1) is 0 Å². The maximum Gasteiger partial charge on any atom is 0.327 e. The van der Waals surface area contributed by atoms with Crippen LogP contribution in [0.5, 0.6) is 0 Å². The number of amides is 11. The number of quaternary nitrogens is 1. The van der Waals surface area contributed by atoms with Crippen molar-refractivity contribution >= 4 is 120 Å². The largest absolute Gasteiger partial charge is 0.481 e. The maximum atomic E-state index is 15.1. The van der Waals surface area contributed by atoms with Gasteiger partial charge in [0.1, 0.15) is 72.7 Å². The van der Waals surface area contributed by atoms with Crippen molar-refractivity contribution in [2.45, 2.75) is 192 Å². The number of nitrogens with zero attached hydrogens (tertiary/aromatic N) is 2. The van der Waals surface area contributed by atoms with Crippen molar-refractivity contribution in [3.63, 3.8) is 0 Å². The number of nitrogens with one attached hydrogen (secondary N) is 16. The average Bonchev–Trinajstić information content (AvgIpc) is 1.63. The predicted molar refractivity (Wildman–Crippen MR) is 409 cm³/mol. The molecule has 0 radical (unpaired) electrons. The fourth-order valence-electron chi connectivity index (χ4n) is 12.3. The second-order valence-electron chi connectivity index (χ2n) is 28.8. The zero-order chi connectivity index (χ0) is 80.5. The van der Waals surface area contributed by atoms with Crippen LogP contribution in [0.1, 0.15) is 110 Å². The van der Waals surface area contributed by atoms with Gasteiger partial charge in [0.15, 0.2) is 6.04 Å². The summed E-state index contributed by atoms with van der Waals surface area (Å²) >= 11 is 0. The Balaban J connectivity index is 1.27. The number of nitrogens with two attached hydrogens (primary N) is 2. The van der Waals surface area contributed by atoms with Gasteiger partial charge >= 0.3 is 11.9 Å². The van der Waals surface area contributed by atoms with Gasteiger partial charge in [-0.2, -0.15) is 0 Å². The molecule has 7 rings (SSSR count). The molecule has 0 saturated carbocycles. The zero-order valence-electron chi connectivity index (χ0n) is 62.7. The number of H-pyrrole nitrogens is 4. The molecule has 4 aromatic heterocycles. The molecule has 0 spiro atoms. The number of hydrogen-bond acceptors (Lipinski definition) is 20. The van der Waals surface area contributed by atoms with Crippen LogP contribution in [0.2, 0.25) is 0 Å². The number of carbonyl (C=O) groups excluding carboxylic acids is 11. The Morgan fingerprint density at radius 3 is 1.30 bits per heavy atom. The minimum atomic E-state index is -1.91. The van der Waals surface area contributed by atoms with E-state index in [4.69, 9.17) is 11.5 Å². The second kappa shape index (κ2) is 42.0. The van der Waals surface area contributed by atoms with Gasteiger partial charge in [0.2, 0.25) is 59.1 Å². The van der Waals surface area contributed by atoms with Crippen LogP contribution in [0, 0.1) is 23.7 Å². The maximum absolute atomic E-state index is 15.1. The number of fused-ring (bicyclic) bond motifs is 2. The second-order valence-corrected chi connectivity index (χ2v) is 31.3. The molecule has 1 fully saturated rings. The van der Waals surface area contributed by atoms with Crippen molar-refractivity contribution < 1.29 is 78.3 Å². The summed E-state index contributed by atoms with van der Waals surface area (Å²) in [4.78, 5) is 208. The van der Waals surface area contributed by atoms with E-state index in [2.05, 4.69) is 99.4 Å². The monoisotopic (exact) mass is 1570 g/mol. The fourth-order valence-corrected chi connectivity index (χ4v) is 14.6. The van der Waals surface area contributed by atoms with Crippen LogP contribution in [0.15, 0.2) is 86.0 Å². The van der Waals surface area contributed by atoms with Crippen molar-refractivity contribution in [3.8, 4) is 0 Å². The summed E-state index contributed by atoms with van der Waals surface area (Å²) in [5.41, 5.74) is 18.7. The molecular weight excluding hydrogens is 1460 g/mol. The summed E-state index contributed by atoms with van der Waals surface area (Å²) in [6.45, 7) is 13.6. The summed E-state index contributed by atoms with van der Waals surface area (Å²) in [6.07, 6.45) is 5.74. The Bertz CT molecular complexity index is 4130. The van der Waals surface area contributed by atoms with Crippen molar-refractivity contribution in [3.05, 3.63) is 108 Å². The lowest BCUT2D eigenvalue weighted by atomic mass is 9.98. The topological polar surface area (TPSA) is 575 Å². The molecule has 0 aliphatic carbocycles. The molecule has 36 nitrogen and oxygen atoms in total. The molecule has 5 heterocycles. The molecule has 0 unspecified atom stereocenters. The Kier molecular flexibility index (Phi) is 33.1. The van der Waals surface area contributed by atoms with Gasteiger partial charge in [-0.05, 0) is 79.2 Å². The highest BCUT2D eigenvalue weighted by atomic mass is 33.1. The van der Waals surface area contributed by atoms with E-state index in [1.54, 1.807) is 116 Å². The minimum absolute atomic E-state index is 0.0274. The molecule has 25 N–H and O–H groups in total.